The second-order valence-electron chi connectivity index (χ2n) is 5.43. The van der Waals surface area contributed by atoms with Gasteiger partial charge in [-0.3, -0.25) is 0 Å². The molecule has 3 saturated heterocycles. The van der Waals surface area contributed by atoms with Gasteiger partial charge >= 0.3 is 0 Å². The number of aliphatic hydroxyl groups is 2. The Kier molecular flexibility index (Phi) is 1.25. The second kappa shape index (κ2) is 2.10. The fraction of sp³-hybridized carbons (Fsp3) is 1.00. The Labute approximate surface area is 86.9 Å². The summed E-state index contributed by atoms with van der Waals surface area (Å²) in [5, 5.41) is 20.7. The lowest BCUT2D eigenvalue weighted by Crippen LogP contribution is -2.63. The van der Waals surface area contributed by atoms with Crippen LogP contribution >= 0.6 is 0 Å². The molecule has 5 heteroatoms. The molecular formula is C10H14O5. The Balaban J connectivity index is 1.91. The highest BCUT2D eigenvalue weighted by Crippen LogP contribution is 2.63. The molecule has 1 saturated carbocycles. The van der Waals surface area contributed by atoms with Crippen molar-refractivity contribution in [1.29, 1.82) is 0 Å². The average Bonchev–Trinajstić information content (AvgIpc) is 2.49. The first-order valence-electron chi connectivity index (χ1n) is 5.40. The van der Waals surface area contributed by atoms with Crippen LogP contribution in [0, 0.1) is 11.8 Å². The largest absolute Gasteiger partial charge is 0.365 e. The lowest BCUT2D eigenvalue weighted by atomic mass is 9.68. The zero-order valence-corrected chi connectivity index (χ0v) is 8.47. The van der Waals surface area contributed by atoms with Gasteiger partial charge in [0.1, 0.15) is 5.60 Å². The summed E-state index contributed by atoms with van der Waals surface area (Å²) >= 11 is 0. The van der Waals surface area contributed by atoms with Crippen LogP contribution in [0.2, 0.25) is 0 Å². The highest BCUT2D eigenvalue weighted by molar-refractivity contribution is 5.14. The first kappa shape index (κ1) is 8.90. The van der Waals surface area contributed by atoms with Crippen LogP contribution in [0.5, 0.6) is 0 Å². The van der Waals surface area contributed by atoms with Gasteiger partial charge in [0.15, 0.2) is 17.9 Å². The maximum absolute atomic E-state index is 10.3. The summed E-state index contributed by atoms with van der Waals surface area (Å²) in [5.41, 5.74) is -0.835. The first-order chi connectivity index (χ1) is 6.96. The van der Waals surface area contributed by atoms with Crippen molar-refractivity contribution in [2.24, 2.45) is 11.8 Å². The van der Waals surface area contributed by atoms with E-state index in [1.54, 1.807) is 6.92 Å². The van der Waals surface area contributed by atoms with Crippen LogP contribution in [0.25, 0.3) is 0 Å². The van der Waals surface area contributed by atoms with Crippen LogP contribution < -0.4 is 0 Å². The molecule has 0 aromatic rings. The highest BCUT2D eigenvalue weighted by Gasteiger charge is 2.75. The van der Waals surface area contributed by atoms with Gasteiger partial charge in [-0.1, -0.05) is 0 Å². The van der Waals surface area contributed by atoms with Crippen molar-refractivity contribution >= 4 is 0 Å². The van der Waals surface area contributed by atoms with Crippen LogP contribution in [0.3, 0.4) is 0 Å². The van der Waals surface area contributed by atoms with Gasteiger partial charge in [0.25, 0.3) is 0 Å². The van der Waals surface area contributed by atoms with Crippen molar-refractivity contribution < 1.29 is 24.4 Å². The lowest BCUT2D eigenvalue weighted by molar-refractivity contribution is -0.320. The molecule has 0 aromatic heterocycles. The number of hydrogen-bond donors (Lipinski definition) is 2. The number of hydrogen-bond acceptors (Lipinski definition) is 5. The smallest absolute Gasteiger partial charge is 0.198 e. The Morgan fingerprint density at radius 2 is 2.07 bits per heavy atom. The quantitative estimate of drug-likeness (QED) is 0.572. The number of rotatable bonds is 0. The zero-order valence-electron chi connectivity index (χ0n) is 8.47. The molecule has 4 fully saturated rings. The third-order valence-corrected chi connectivity index (χ3v) is 4.57. The molecule has 1 aliphatic carbocycles. The van der Waals surface area contributed by atoms with Gasteiger partial charge < -0.3 is 24.4 Å². The van der Waals surface area contributed by atoms with Gasteiger partial charge in [0, 0.05) is 24.7 Å². The molecule has 3 aliphatic heterocycles. The number of fused-ring (bicyclic) bond motifs is 2. The highest BCUT2D eigenvalue weighted by atomic mass is 16.8. The molecule has 0 spiro atoms. The Bertz CT molecular complexity index is 347. The van der Waals surface area contributed by atoms with Gasteiger partial charge in [-0.05, 0) is 6.92 Å². The molecule has 6 atom stereocenters. The van der Waals surface area contributed by atoms with E-state index in [0.29, 0.717) is 13.0 Å². The van der Waals surface area contributed by atoms with E-state index in [9.17, 15) is 10.2 Å². The van der Waals surface area contributed by atoms with Crippen molar-refractivity contribution in [3.8, 4) is 0 Å². The van der Waals surface area contributed by atoms with Crippen LogP contribution in [0.15, 0.2) is 0 Å². The standard InChI is InChI=1S/C10H14O5/c1-8-4-9(11)6-2-10(8,12)15-7(14-8)5(6)3-13-9/h5-7,11-12H,2-4H2,1H3/t5-,6-,7?,8+,9-,10-/m1/s1. The fourth-order valence-electron chi connectivity index (χ4n) is 3.65. The Morgan fingerprint density at radius 1 is 1.27 bits per heavy atom. The predicted octanol–water partition coefficient (Wildman–Crippen LogP) is -0.435. The molecule has 3 bridgehead atoms. The van der Waals surface area contributed by atoms with E-state index in [1.807, 2.05) is 0 Å². The van der Waals surface area contributed by atoms with E-state index < -0.39 is 23.5 Å². The van der Waals surface area contributed by atoms with Crippen molar-refractivity contribution in [2.45, 2.75) is 43.2 Å². The van der Waals surface area contributed by atoms with Crippen LogP contribution in [-0.4, -0.2) is 40.3 Å². The normalized spacial score (nSPS) is 70.2. The van der Waals surface area contributed by atoms with Crippen molar-refractivity contribution in [3.63, 3.8) is 0 Å². The van der Waals surface area contributed by atoms with E-state index in [0.717, 1.165) is 0 Å². The topological polar surface area (TPSA) is 68.2 Å². The van der Waals surface area contributed by atoms with Gasteiger partial charge in [-0.2, -0.15) is 0 Å². The van der Waals surface area contributed by atoms with Gasteiger partial charge in [0.2, 0.25) is 0 Å². The molecule has 0 radical (unpaired) electrons. The average molecular weight is 214 g/mol. The molecule has 4 aliphatic rings. The minimum absolute atomic E-state index is 0.0552. The summed E-state index contributed by atoms with van der Waals surface area (Å²) in [7, 11) is 0. The lowest BCUT2D eigenvalue weighted by Gasteiger charge is -2.49. The maximum atomic E-state index is 10.3. The van der Waals surface area contributed by atoms with Gasteiger partial charge in [0.05, 0.1) is 6.61 Å². The molecule has 4 rings (SSSR count). The van der Waals surface area contributed by atoms with Crippen LogP contribution in [0.4, 0.5) is 0 Å². The monoisotopic (exact) mass is 214 g/mol. The van der Waals surface area contributed by atoms with Gasteiger partial charge in [-0.25, -0.2) is 0 Å². The minimum Gasteiger partial charge on any atom is -0.365 e. The molecule has 0 amide bonds. The summed E-state index contributed by atoms with van der Waals surface area (Å²) in [5.74, 6) is -2.36. The summed E-state index contributed by atoms with van der Waals surface area (Å²) in [6, 6.07) is 0. The maximum Gasteiger partial charge on any atom is 0.198 e. The van der Waals surface area contributed by atoms with E-state index in [4.69, 9.17) is 14.2 Å². The summed E-state index contributed by atoms with van der Waals surface area (Å²) in [6.07, 6.45) is 0.269. The van der Waals surface area contributed by atoms with E-state index >= 15 is 0 Å². The molecule has 15 heavy (non-hydrogen) atoms. The van der Waals surface area contributed by atoms with Crippen LogP contribution in [-0.2, 0) is 14.2 Å². The van der Waals surface area contributed by atoms with Crippen molar-refractivity contribution in [3.05, 3.63) is 0 Å². The third-order valence-electron chi connectivity index (χ3n) is 4.57. The minimum atomic E-state index is -1.24. The fourth-order valence-corrected chi connectivity index (χ4v) is 3.65. The molecule has 0 aromatic carbocycles. The summed E-state index contributed by atoms with van der Waals surface area (Å²) in [6.45, 7) is 2.24. The zero-order chi connectivity index (χ0) is 10.5. The van der Waals surface area contributed by atoms with Gasteiger partial charge in [-0.15, -0.1) is 0 Å². The molecule has 84 valence electrons. The Morgan fingerprint density at radius 3 is 2.87 bits per heavy atom. The third kappa shape index (κ3) is 0.775. The second-order valence-corrected chi connectivity index (χ2v) is 5.43. The molecule has 3 heterocycles. The first-order valence-corrected chi connectivity index (χ1v) is 5.40. The SMILES string of the molecule is C[C@]12C[C@@]3(O)OC[C@H]4C(O[C@]1(O)C[C@H]43)O2. The Hall–Kier alpha value is -0.200. The van der Waals surface area contributed by atoms with Crippen LogP contribution in [0.1, 0.15) is 19.8 Å². The molecule has 1 unspecified atom stereocenters. The van der Waals surface area contributed by atoms with E-state index in [1.165, 1.54) is 0 Å². The predicted molar refractivity (Wildman–Crippen MR) is 46.4 cm³/mol. The molecule has 5 nitrogen and oxygen atoms in total. The van der Waals surface area contributed by atoms with E-state index in [2.05, 4.69) is 0 Å². The molecule has 2 N–H and O–H groups in total. The number of ether oxygens (including phenoxy) is 3. The molecular weight excluding hydrogens is 200 g/mol. The summed E-state index contributed by atoms with van der Waals surface area (Å²) in [4.78, 5) is 0. The van der Waals surface area contributed by atoms with E-state index in [-0.39, 0.29) is 18.3 Å². The summed E-state index contributed by atoms with van der Waals surface area (Å²) < 4.78 is 16.8. The van der Waals surface area contributed by atoms with Crippen molar-refractivity contribution in [2.75, 3.05) is 6.61 Å². The van der Waals surface area contributed by atoms with Crippen molar-refractivity contribution in [1.82, 2.24) is 0 Å².